The van der Waals surface area contributed by atoms with Gasteiger partial charge in [0.1, 0.15) is 5.69 Å². The molecule has 3 atom stereocenters. The number of amides is 1. The highest BCUT2D eigenvalue weighted by Crippen LogP contribution is 2.31. The summed E-state index contributed by atoms with van der Waals surface area (Å²) in [6, 6.07) is 8.77. The first-order valence-corrected chi connectivity index (χ1v) is 11.4. The SMILES string of the molecule is Cc1ccc(-c2ccccn2)c(C(=O)N2CC(C)OC(C)C2CNc2ncc(C(F)(F)F)cc2F)n1. The monoisotopic (exact) mass is 503 g/mol. The molecule has 3 aromatic heterocycles. The summed E-state index contributed by atoms with van der Waals surface area (Å²) < 4.78 is 58.8. The quantitative estimate of drug-likeness (QED) is 0.507. The topological polar surface area (TPSA) is 80.2 Å². The number of carbonyl (C=O) groups excluding carboxylic acids is 1. The Kier molecular flexibility index (Phi) is 7.21. The molecule has 3 aromatic rings. The van der Waals surface area contributed by atoms with Gasteiger partial charge in [0.25, 0.3) is 5.91 Å². The molecule has 7 nitrogen and oxygen atoms in total. The van der Waals surface area contributed by atoms with E-state index in [0.717, 1.165) is 0 Å². The Hall–Kier alpha value is -3.60. The fraction of sp³-hybridized carbons (Fsp3) is 0.360. The van der Waals surface area contributed by atoms with Crippen LogP contribution in [-0.2, 0) is 10.9 Å². The summed E-state index contributed by atoms with van der Waals surface area (Å²) in [6.07, 6.45) is -3.24. The largest absolute Gasteiger partial charge is 0.417 e. The Morgan fingerprint density at radius 1 is 1.19 bits per heavy atom. The van der Waals surface area contributed by atoms with Crippen molar-refractivity contribution >= 4 is 11.7 Å². The Morgan fingerprint density at radius 3 is 2.64 bits per heavy atom. The summed E-state index contributed by atoms with van der Waals surface area (Å²) in [5.41, 5.74) is 0.851. The zero-order chi connectivity index (χ0) is 26.0. The highest BCUT2D eigenvalue weighted by molar-refractivity contribution is 5.99. The van der Waals surface area contributed by atoms with Crippen molar-refractivity contribution in [1.29, 1.82) is 0 Å². The summed E-state index contributed by atoms with van der Waals surface area (Å²) in [5, 5.41) is 2.74. The summed E-state index contributed by atoms with van der Waals surface area (Å²) in [7, 11) is 0. The first kappa shape index (κ1) is 25.5. The van der Waals surface area contributed by atoms with E-state index in [2.05, 4.69) is 20.3 Å². The van der Waals surface area contributed by atoms with Crippen molar-refractivity contribution in [3.05, 3.63) is 71.6 Å². The van der Waals surface area contributed by atoms with E-state index in [1.807, 2.05) is 13.0 Å². The average molecular weight is 504 g/mol. The second-order valence-electron chi connectivity index (χ2n) is 8.67. The van der Waals surface area contributed by atoms with Crippen LogP contribution in [-0.4, -0.2) is 57.1 Å². The lowest BCUT2D eigenvalue weighted by atomic mass is 10.0. The van der Waals surface area contributed by atoms with Gasteiger partial charge in [-0.1, -0.05) is 6.07 Å². The molecule has 190 valence electrons. The molecular weight excluding hydrogens is 478 g/mol. The number of aryl methyl sites for hydroxylation is 1. The minimum absolute atomic E-state index is 0.000350. The standard InChI is InChI=1S/C25H25F4N5O2/c1-14-7-8-18(20-6-4-5-9-30-20)22(33-14)24(35)34-13-15(2)36-16(3)21(34)12-32-23-19(26)10-17(11-31-23)25(27,28)29/h4-11,15-16,21H,12-13H2,1-3H3,(H,31,32). The average Bonchev–Trinajstić information content (AvgIpc) is 2.83. The van der Waals surface area contributed by atoms with E-state index in [0.29, 0.717) is 29.2 Å². The van der Waals surface area contributed by atoms with Gasteiger partial charge in [-0.3, -0.25) is 9.78 Å². The molecule has 0 aromatic carbocycles. The van der Waals surface area contributed by atoms with Gasteiger partial charge in [0.2, 0.25) is 0 Å². The molecule has 4 rings (SSSR count). The Bertz CT molecular complexity index is 1240. The minimum Gasteiger partial charge on any atom is -0.372 e. The van der Waals surface area contributed by atoms with E-state index in [4.69, 9.17) is 4.74 Å². The number of nitrogens with zero attached hydrogens (tertiary/aromatic N) is 4. The number of ether oxygens (including phenoxy) is 1. The van der Waals surface area contributed by atoms with Crippen molar-refractivity contribution in [2.75, 3.05) is 18.4 Å². The molecule has 0 radical (unpaired) electrons. The highest BCUT2D eigenvalue weighted by Gasteiger charge is 2.38. The molecule has 1 saturated heterocycles. The third kappa shape index (κ3) is 5.46. The summed E-state index contributed by atoms with van der Waals surface area (Å²) in [5.74, 6) is -1.84. The van der Waals surface area contributed by atoms with Crippen LogP contribution in [0.15, 0.2) is 48.8 Å². The Labute approximate surface area is 205 Å². The maximum absolute atomic E-state index is 14.3. The van der Waals surface area contributed by atoms with Crippen LogP contribution in [0.5, 0.6) is 0 Å². The molecule has 0 saturated carbocycles. The van der Waals surface area contributed by atoms with Crippen molar-refractivity contribution in [2.24, 2.45) is 0 Å². The van der Waals surface area contributed by atoms with Crippen LogP contribution < -0.4 is 5.32 Å². The fourth-order valence-corrected chi connectivity index (χ4v) is 4.18. The lowest BCUT2D eigenvalue weighted by molar-refractivity contribution is -0.138. The van der Waals surface area contributed by atoms with Gasteiger partial charge in [-0.15, -0.1) is 0 Å². The van der Waals surface area contributed by atoms with Gasteiger partial charge in [0, 0.05) is 36.7 Å². The highest BCUT2D eigenvalue weighted by atomic mass is 19.4. The molecule has 1 amide bonds. The summed E-state index contributed by atoms with van der Waals surface area (Å²) in [6.45, 7) is 5.64. The number of halogens is 4. The van der Waals surface area contributed by atoms with Crippen molar-refractivity contribution < 1.29 is 27.1 Å². The lowest BCUT2D eigenvalue weighted by Crippen LogP contribution is -2.58. The Balaban J connectivity index is 1.62. The molecule has 11 heteroatoms. The second kappa shape index (κ2) is 10.2. The number of pyridine rings is 3. The van der Waals surface area contributed by atoms with Crippen molar-refractivity contribution in [2.45, 2.75) is 45.2 Å². The molecule has 1 aliphatic rings. The zero-order valence-electron chi connectivity index (χ0n) is 19.9. The molecule has 4 heterocycles. The molecule has 0 aliphatic carbocycles. The van der Waals surface area contributed by atoms with Crippen molar-refractivity contribution in [3.8, 4) is 11.3 Å². The fourth-order valence-electron chi connectivity index (χ4n) is 4.18. The van der Waals surface area contributed by atoms with E-state index in [-0.39, 0.29) is 36.6 Å². The maximum atomic E-state index is 14.3. The van der Waals surface area contributed by atoms with Crippen molar-refractivity contribution in [3.63, 3.8) is 0 Å². The van der Waals surface area contributed by atoms with Gasteiger partial charge >= 0.3 is 6.18 Å². The number of anilines is 1. The number of rotatable bonds is 5. The number of morpholine rings is 1. The molecular formula is C25H25F4N5O2. The third-order valence-electron chi connectivity index (χ3n) is 5.93. The smallest absolute Gasteiger partial charge is 0.372 e. The van der Waals surface area contributed by atoms with Crippen LogP contribution in [0.25, 0.3) is 11.3 Å². The van der Waals surface area contributed by atoms with Gasteiger partial charge in [0.15, 0.2) is 11.6 Å². The van der Waals surface area contributed by atoms with Gasteiger partial charge in [0.05, 0.1) is 29.5 Å². The third-order valence-corrected chi connectivity index (χ3v) is 5.93. The van der Waals surface area contributed by atoms with Gasteiger partial charge in [-0.2, -0.15) is 13.2 Å². The number of aromatic nitrogens is 3. The molecule has 36 heavy (non-hydrogen) atoms. The number of hydrogen-bond donors (Lipinski definition) is 1. The minimum atomic E-state index is -4.70. The Morgan fingerprint density at radius 2 is 1.97 bits per heavy atom. The van der Waals surface area contributed by atoms with Crippen LogP contribution in [0, 0.1) is 12.7 Å². The molecule has 1 aliphatic heterocycles. The lowest BCUT2D eigenvalue weighted by Gasteiger charge is -2.43. The molecule has 1 N–H and O–H groups in total. The predicted molar refractivity (Wildman–Crippen MR) is 125 cm³/mol. The van der Waals surface area contributed by atoms with Crippen LogP contribution >= 0.6 is 0 Å². The van der Waals surface area contributed by atoms with Crippen LogP contribution in [0.4, 0.5) is 23.4 Å². The van der Waals surface area contributed by atoms with E-state index < -0.39 is 29.7 Å². The van der Waals surface area contributed by atoms with E-state index in [9.17, 15) is 22.4 Å². The van der Waals surface area contributed by atoms with Crippen molar-refractivity contribution in [1.82, 2.24) is 19.9 Å². The van der Waals surface area contributed by atoms with E-state index in [1.54, 1.807) is 49.2 Å². The summed E-state index contributed by atoms with van der Waals surface area (Å²) in [4.78, 5) is 27.9. The normalized spacial score (nSPS) is 20.3. The van der Waals surface area contributed by atoms with Gasteiger partial charge in [-0.25, -0.2) is 14.4 Å². The molecule has 0 spiro atoms. The second-order valence-corrected chi connectivity index (χ2v) is 8.67. The van der Waals surface area contributed by atoms with Crippen LogP contribution in [0.3, 0.4) is 0 Å². The molecule has 1 fully saturated rings. The molecule has 3 unspecified atom stereocenters. The maximum Gasteiger partial charge on any atom is 0.417 e. The number of carbonyl (C=O) groups is 1. The first-order valence-electron chi connectivity index (χ1n) is 11.4. The van der Waals surface area contributed by atoms with Crippen LogP contribution in [0.2, 0.25) is 0 Å². The first-order chi connectivity index (χ1) is 17.0. The number of nitrogens with one attached hydrogen (secondary N) is 1. The number of alkyl halides is 3. The zero-order valence-corrected chi connectivity index (χ0v) is 19.9. The van der Waals surface area contributed by atoms with E-state index >= 15 is 0 Å². The van der Waals surface area contributed by atoms with E-state index in [1.165, 1.54) is 0 Å². The van der Waals surface area contributed by atoms with Crippen LogP contribution in [0.1, 0.15) is 35.6 Å². The number of hydrogen-bond acceptors (Lipinski definition) is 6. The summed E-state index contributed by atoms with van der Waals surface area (Å²) >= 11 is 0. The van der Waals surface area contributed by atoms with Gasteiger partial charge in [-0.05, 0) is 51.1 Å². The predicted octanol–water partition coefficient (Wildman–Crippen LogP) is 4.74. The molecule has 0 bridgehead atoms. The van der Waals surface area contributed by atoms with Gasteiger partial charge < -0.3 is 15.0 Å².